The first kappa shape index (κ1) is 15.7. The highest BCUT2D eigenvalue weighted by atomic mass is 16.1. The van der Waals surface area contributed by atoms with Crippen LogP contribution in [0.15, 0.2) is 24.3 Å². The summed E-state index contributed by atoms with van der Waals surface area (Å²) in [6, 6.07) is 8.13. The quantitative estimate of drug-likeness (QED) is 0.866. The molecule has 1 aromatic rings. The summed E-state index contributed by atoms with van der Waals surface area (Å²) >= 11 is 0. The average Bonchev–Trinajstić information content (AvgIpc) is 2.26. The van der Waals surface area contributed by atoms with Crippen molar-refractivity contribution in [2.24, 2.45) is 5.92 Å². The van der Waals surface area contributed by atoms with E-state index in [2.05, 4.69) is 46.9 Å². The second-order valence-electron chi connectivity index (χ2n) is 6.83. The van der Waals surface area contributed by atoms with Crippen molar-refractivity contribution in [1.82, 2.24) is 5.32 Å². The summed E-state index contributed by atoms with van der Waals surface area (Å²) in [7, 11) is 0. The largest absolute Gasteiger partial charge is 0.350 e. The molecule has 0 aliphatic heterocycles. The van der Waals surface area contributed by atoms with E-state index in [4.69, 9.17) is 0 Å². The predicted octanol–water partition coefficient (Wildman–Crippen LogP) is 4.15. The Hall–Kier alpha value is -1.31. The molecule has 0 fully saturated rings. The van der Waals surface area contributed by atoms with Crippen molar-refractivity contribution in [2.45, 2.75) is 59.4 Å². The third kappa shape index (κ3) is 5.06. The Morgan fingerprint density at radius 2 is 1.63 bits per heavy atom. The number of hydrogen-bond donors (Lipinski definition) is 1. The van der Waals surface area contributed by atoms with E-state index in [1.807, 2.05) is 24.3 Å². The molecule has 106 valence electrons. The highest BCUT2D eigenvalue weighted by Gasteiger charge is 2.15. The van der Waals surface area contributed by atoms with Gasteiger partial charge in [-0.3, -0.25) is 4.79 Å². The summed E-state index contributed by atoms with van der Waals surface area (Å²) in [6.45, 7) is 12.9. The smallest absolute Gasteiger partial charge is 0.251 e. The molecule has 1 atom stereocenters. The summed E-state index contributed by atoms with van der Waals surface area (Å²) in [5.74, 6) is 0.618. The Balaban J connectivity index is 2.68. The van der Waals surface area contributed by atoms with Crippen LogP contribution in [-0.2, 0) is 5.41 Å². The lowest BCUT2D eigenvalue weighted by Gasteiger charge is -2.19. The minimum absolute atomic E-state index is 0.0219. The van der Waals surface area contributed by atoms with Crippen molar-refractivity contribution in [1.29, 1.82) is 0 Å². The van der Waals surface area contributed by atoms with Crippen molar-refractivity contribution >= 4 is 5.91 Å². The van der Waals surface area contributed by atoms with Gasteiger partial charge in [-0.2, -0.15) is 0 Å². The fourth-order valence-electron chi connectivity index (χ4n) is 2.19. The number of carbonyl (C=O) groups excluding carboxylic acids is 1. The van der Waals surface area contributed by atoms with E-state index >= 15 is 0 Å². The van der Waals surface area contributed by atoms with Crippen molar-refractivity contribution in [3.63, 3.8) is 0 Å². The molecular weight excluding hydrogens is 234 g/mol. The summed E-state index contributed by atoms with van der Waals surface area (Å²) in [4.78, 5) is 12.1. The normalized spacial score (nSPS) is 13.4. The van der Waals surface area contributed by atoms with E-state index in [1.165, 1.54) is 5.56 Å². The van der Waals surface area contributed by atoms with Gasteiger partial charge >= 0.3 is 0 Å². The van der Waals surface area contributed by atoms with Crippen LogP contribution in [0, 0.1) is 5.92 Å². The molecular formula is C17H27NO. The molecule has 0 spiro atoms. The Morgan fingerprint density at radius 3 is 2.05 bits per heavy atom. The van der Waals surface area contributed by atoms with Crippen LogP contribution in [-0.4, -0.2) is 11.9 Å². The van der Waals surface area contributed by atoms with Gasteiger partial charge in [0.15, 0.2) is 0 Å². The van der Waals surface area contributed by atoms with E-state index < -0.39 is 0 Å². The first-order valence-electron chi connectivity index (χ1n) is 7.11. The molecule has 1 aromatic carbocycles. The van der Waals surface area contributed by atoms with Crippen molar-refractivity contribution in [3.05, 3.63) is 35.4 Å². The standard InChI is InChI=1S/C17H27NO/c1-12(2)11-13(3)18-16(19)14-7-9-15(10-8-14)17(4,5)6/h7-10,12-13H,11H2,1-6H3,(H,18,19). The third-order valence-corrected chi connectivity index (χ3v) is 3.22. The van der Waals surface area contributed by atoms with Gasteiger partial charge in [0.2, 0.25) is 0 Å². The minimum Gasteiger partial charge on any atom is -0.350 e. The van der Waals surface area contributed by atoms with Gasteiger partial charge in [0, 0.05) is 11.6 Å². The Bertz CT molecular complexity index is 412. The number of nitrogens with one attached hydrogen (secondary N) is 1. The van der Waals surface area contributed by atoms with Crippen LogP contribution in [0.5, 0.6) is 0 Å². The lowest BCUT2D eigenvalue weighted by molar-refractivity contribution is 0.0936. The average molecular weight is 261 g/mol. The molecule has 2 heteroatoms. The molecule has 1 unspecified atom stereocenters. The Kier molecular flexibility index (Phi) is 5.16. The van der Waals surface area contributed by atoms with Gasteiger partial charge in [-0.15, -0.1) is 0 Å². The molecule has 1 rings (SSSR count). The van der Waals surface area contributed by atoms with Crippen LogP contribution in [0.25, 0.3) is 0 Å². The maximum Gasteiger partial charge on any atom is 0.251 e. The second-order valence-corrected chi connectivity index (χ2v) is 6.83. The zero-order chi connectivity index (χ0) is 14.6. The second kappa shape index (κ2) is 6.23. The van der Waals surface area contributed by atoms with Crippen molar-refractivity contribution in [2.75, 3.05) is 0 Å². The number of carbonyl (C=O) groups is 1. The molecule has 2 nitrogen and oxygen atoms in total. The Labute approximate surface area is 117 Å². The number of benzene rings is 1. The van der Waals surface area contributed by atoms with Gasteiger partial charge in [0.25, 0.3) is 5.91 Å². The van der Waals surface area contributed by atoms with E-state index in [0.29, 0.717) is 5.92 Å². The molecule has 0 heterocycles. The van der Waals surface area contributed by atoms with Gasteiger partial charge in [0.1, 0.15) is 0 Å². The first-order chi connectivity index (χ1) is 8.70. The lowest BCUT2D eigenvalue weighted by atomic mass is 9.86. The molecule has 0 bridgehead atoms. The maximum atomic E-state index is 12.1. The third-order valence-electron chi connectivity index (χ3n) is 3.22. The molecule has 0 saturated carbocycles. The van der Waals surface area contributed by atoms with Gasteiger partial charge in [0.05, 0.1) is 0 Å². The topological polar surface area (TPSA) is 29.1 Å². The van der Waals surface area contributed by atoms with E-state index in [-0.39, 0.29) is 17.4 Å². The van der Waals surface area contributed by atoms with Gasteiger partial charge < -0.3 is 5.32 Å². The fourth-order valence-corrected chi connectivity index (χ4v) is 2.19. The summed E-state index contributed by atoms with van der Waals surface area (Å²) in [6.07, 6.45) is 1.01. The van der Waals surface area contributed by atoms with E-state index in [9.17, 15) is 4.79 Å². The zero-order valence-corrected chi connectivity index (χ0v) is 13.1. The number of hydrogen-bond acceptors (Lipinski definition) is 1. The highest BCUT2D eigenvalue weighted by molar-refractivity contribution is 5.94. The van der Waals surface area contributed by atoms with Crippen LogP contribution >= 0.6 is 0 Å². The highest BCUT2D eigenvalue weighted by Crippen LogP contribution is 2.22. The molecule has 0 aromatic heterocycles. The summed E-state index contributed by atoms with van der Waals surface area (Å²) in [5.41, 5.74) is 2.11. The van der Waals surface area contributed by atoms with E-state index in [0.717, 1.165) is 12.0 Å². The van der Waals surface area contributed by atoms with Crippen LogP contribution < -0.4 is 5.32 Å². The molecule has 0 aliphatic carbocycles. The SMILES string of the molecule is CC(C)CC(C)NC(=O)c1ccc(C(C)(C)C)cc1. The number of rotatable bonds is 4. The molecule has 19 heavy (non-hydrogen) atoms. The summed E-state index contributed by atoms with van der Waals surface area (Å²) in [5, 5.41) is 3.05. The molecule has 1 amide bonds. The minimum atomic E-state index is 0.0219. The first-order valence-corrected chi connectivity index (χ1v) is 7.11. The predicted molar refractivity (Wildman–Crippen MR) is 81.5 cm³/mol. The van der Waals surface area contributed by atoms with Gasteiger partial charge in [-0.05, 0) is 42.4 Å². The molecule has 0 radical (unpaired) electrons. The number of amides is 1. The zero-order valence-electron chi connectivity index (χ0n) is 13.1. The fraction of sp³-hybridized carbons (Fsp3) is 0.588. The monoisotopic (exact) mass is 261 g/mol. The van der Waals surface area contributed by atoms with Crippen LogP contribution in [0.2, 0.25) is 0 Å². The van der Waals surface area contributed by atoms with E-state index in [1.54, 1.807) is 0 Å². The molecule has 1 N–H and O–H groups in total. The summed E-state index contributed by atoms with van der Waals surface area (Å²) < 4.78 is 0. The van der Waals surface area contributed by atoms with Crippen LogP contribution in [0.4, 0.5) is 0 Å². The van der Waals surface area contributed by atoms with Crippen LogP contribution in [0.3, 0.4) is 0 Å². The van der Waals surface area contributed by atoms with Crippen LogP contribution in [0.1, 0.15) is 63.9 Å². The lowest BCUT2D eigenvalue weighted by Crippen LogP contribution is -2.33. The maximum absolute atomic E-state index is 12.1. The molecule has 0 saturated heterocycles. The molecule has 0 aliphatic rings. The van der Waals surface area contributed by atoms with Gasteiger partial charge in [-0.25, -0.2) is 0 Å². The van der Waals surface area contributed by atoms with Gasteiger partial charge in [-0.1, -0.05) is 46.8 Å². The van der Waals surface area contributed by atoms with Crippen molar-refractivity contribution < 1.29 is 4.79 Å². The van der Waals surface area contributed by atoms with Crippen molar-refractivity contribution in [3.8, 4) is 0 Å². The Morgan fingerprint density at radius 1 is 1.11 bits per heavy atom.